The summed E-state index contributed by atoms with van der Waals surface area (Å²) in [6, 6.07) is 5.42. The van der Waals surface area contributed by atoms with E-state index in [0.717, 1.165) is 21.3 Å². The van der Waals surface area contributed by atoms with Crippen LogP contribution in [0.2, 0.25) is 0 Å². The monoisotopic (exact) mass is 437 g/mol. The van der Waals surface area contributed by atoms with Crippen molar-refractivity contribution in [3.05, 3.63) is 29.5 Å². The number of benzene rings is 1. The van der Waals surface area contributed by atoms with Gasteiger partial charge in [0.15, 0.2) is 5.13 Å². The first-order valence-corrected chi connectivity index (χ1v) is 12.3. The zero-order chi connectivity index (χ0) is 21.4. The van der Waals surface area contributed by atoms with Gasteiger partial charge < -0.3 is 10.4 Å². The van der Waals surface area contributed by atoms with Crippen molar-refractivity contribution in [3.63, 3.8) is 0 Å². The minimum absolute atomic E-state index is 0.0964. The molecule has 29 heavy (non-hydrogen) atoms. The number of hydrogen-bond donors (Lipinski definition) is 3. The number of anilines is 1. The Labute approximate surface area is 177 Å². The molecule has 1 fully saturated rings. The van der Waals surface area contributed by atoms with E-state index >= 15 is 0 Å². The molecule has 0 unspecified atom stereocenters. The molecule has 6 nitrogen and oxygen atoms in total. The number of thiazole rings is 1. The summed E-state index contributed by atoms with van der Waals surface area (Å²) >= 11 is 1.54. The topological polar surface area (TPSA) is 91.3 Å². The Balaban J connectivity index is 1.88. The van der Waals surface area contributed by atoms with Crippen molar-refractivity contribution >= 4 is 26.5 Å². The number of nitrogens with one attached hydrogen (secondary N) is 2. The van der Waals surface area contributed by atoms with E-state index in [2.05, 4.69) is 35.8 Å². The highest BCUT2D eigenvalue weighted by atomic mass is 32.2. The summed E-state index contributed by atoms with van der Waals surface area (Å²) in [5.41, 5.74) is 2.35. The van der Waals surface area contributed by atoms with E-state index in [1.54, 1.807) is 6.07 Å². The number of hydrogen-bond acceptors (Lipinski definition) is 6. The van der Waals surface area contributed by atoms with E-state index in [9.17, 15) is 13.5 Å². The van der Waals surface area contributed by atoms with Crippen molar-refractivity contribution in [2.45, 2.75) is 82.9 Å². The van der Waals surface area contributed by atoms with E-state index < -0.39 is 10.0 Å². The molecule has 0 amide bonds. The summed E-state index contributed by atoms with van der Waals surface area (Å²) in [7, 11) is -3.64. The van der Waals surface area contributed by atoms with Gasteiger partial charge in [-0.3, -0.25) is 0 Å². The molecule has 1 aromatic carbocycles. The van der Waals surface area contributed by atoms with E-state index in [0.29, 0.717) is 36.1 Å². The van der Waals surface area contributed by atoms with Crippen molar-refractivity contribution in [1.29, 1.82) is 0 Å². The summed E-state index contributed by atoms with van der Waals surface area (Å²) in [5.74, 6) is 0. The van der Waals surface area contributed by atoms with Crippen LogP contribution in [0, 0.1) is 13.8 Å². The molecule has 0 bridgehead atoms. The first-order valence-electron chi connectivity index (χ1n) is 10.0. The fraction of sp³-hybridized carbons (Fsp3) is 0.571. The molecular formula is C21H31N3O3S2. The minimum atomic E-state index is -3.64. The molecule has 1 aliphatic carbocycles. The molecule has 0 aliphatic heterocycles. The predicted octanol–water partition coefficient (Wildman–Crippen LogP) is 4.22. The van der Waals surface area contributed by atoms with E-state index in [1.807, 2.05) is 26.0 Å². The van der Waals surface area contributed by atoms with Gasteiger partial charge in [0.05, 0.1) is 21.6 Å². The molecule has 3 rings (SSSR count). The molecule has 3 N–H and O–H groups in total. The van der Waals surface area contributed by atoms with Gasteiger partial charge in [0.25, 0.3) is 0 Å². The van der Waals surface area contributed by atoms with Crippen molar-refractivity contribution in [2.24, 2.45) is 0 Å². The third-order valence-corrected chi connectivity index (χ3v) is 7.82. The zero-order valence-electron chi connectivity index (χ0n) is 17.7. The van der Waals surface area contributed by atoms with Crippen LogP contribution in [-0.2, 0) is 10.0 Å². The molecule has 0 saturated heterocycles. The number of aromatic nitrogens is 1. The van der Waals surface area contributed by atoms with Gasteiger partial charge in [0.1, 0.15) is 0 Å². The minimum Gasteiger partial charge on any atom is -0.393 e. The lowest BCUT2D eigenvalue weighted by atomic mass is 9.94. The Hall–Kier alpha value is -1.48. The maximum absolute atomic E-state index is 13.1. The second-order valence-electron chi connectivity index (χ2n) is 8.92. The van der Waals surface area contributed by atoms with Gasteiger partial charge in [-0.05, 0) is 77.5 Å². The van der Waals surface area contributed by atoms with Crippen LogP contribution in [0.4, 0.5) is 5.13 Å². The van der Waals surface area contributed by atoms with Crippen LogP contribution in [0.25, 0.3) is 10.4 Å². The Morgan fingerprint density at radius 2 is 1.79 bits per heavy atom. The van der Waals surface area contributed by atoms with Gasteiger partial charge in [-0.2, -0.15) is 0 Å². The molecule has 1 aromatic heterocycles. The van der Waals surface area contributed by atoms with Crippen LogP contribution < -0.4 is 10.0 Å². The fourth-order valence-electron chi connectivity index (χ4n) is 3.55. The van der Waals surface area contributed by atoms with E-state index in [-0.39, 0.29) is 17.7 Å². The molecule has 0 atom stereocenters. The van der Waals surface area contributed by atoms with Gasteiger partial charge in [0, 0.05) is 11.6 Å². The SMILES string of the molecule is Cc1ccc(-c2sc(NC(C)(C)C)nc2C)cc1S(=O)(=O)N[C@H]1CC[C@@H](O)CC1. The lowest BCUT2D eigenvalue weighted by Gasteiger charge is -2.26. The highest BCUT2D eigenvalue weighted by molar-refractivity contribution is 7.89. The van der Waals surface area contributed by atoms with Gasteiger partial charge in [0.2, 0.25) is 10.0 Å². The number of sulfonamides is 1. The van der Waals surface area contributed by atoms with Crippen LogP contribution in [0.5, 0.6) is 0 Å². The fourth-order valence-corrected chi connectivity index (χ4v) is 6.29. The normalized spacial score (nSPS) is 20.6. The Morgan fingerprint density at radius 3 is 2.41 bits per heavy atom. The second kappa shape index (κ2) is 8.34. The Kier molecular flexibility index (Phi) is 6.38. The summed E-state index contributed by atoms with van der Waals surface area (Å²) in [5, 5.41) is 13.9. The maximum atomic E-state index is 13.1. The van der Waals surface area contributed by atoms with E-state index in [4.69, 9.17) is 0 Å². The van der Waals surface area contributed by atoms with Crippen LogP contribution in [0.15, 0.2) is 23.1 Å². The number of nitrogens with zero attached hydrogens (tertiary/aromatic N) is 1. The molecule has 2 aromatic rings. The second-order valence-corrected chi connectivity index (χ2v) is 11.6. The summed E-state index contributed by atoms with van der Waals surface area (Å²) in [6.07, 6.45) is 2.28. The smallest absolute Gasteiger partial charge is 0.241 e. The molecule has 8 heteroatoms. The summed E-state index contributed by atoms with van der Waals surface area (Å²) in [4.78, 5) is 5.88. The summed E-state index contributed by atoms with van der Waals surface area (Å²) in [6.45, 7) is 10.00. The van der Waals surface area contributed by atoms with Crippen molar-refractivity contribution < 1.29 is 13.5 Å². The Morgan fingerprint density at radius 1 is 1.14 bits per heavy atom. The average molecular weight is 438 g/mol. The molecule has 160 valence electrons. The van der Waals surface area contributed by atoms with Crippen LogP contribution in [0.3, 0.4) is 0 Å². The van der Waals surface area contributed by atoms with Crippen molar-refractivity contribution in [3.8, 4) is 10.4 Å². The lowest BCUT2D eigenvalue weighted by Crippen LogP contribution is -2.38. The third kappa shape index (κ3) is 5.57. The molecule has 1 aliphatic rings. The largest absolute Gasteiger partial charge is 0.393 e. The first kappa shape index (κ1) is 22.2. The average Bonchev–Trinajstić information content (AvgIpc) is 2.95. The lowest BCUT2D eigenvalue weighted by molar-refractivity contribution is 0.120. The number of rotatable bonds is 5. The Bertz CT molecular complexity index is 970. The summed E-state index contributed by atoms with van der Waals surface area (Å²) < 4.78 is 29.0. The number of aliphatic hydroxyl groups is 1. The quantitative estimate of drug-likeness (QED) is 0.651. The molecular weight excluding hydrogens is 406 g/mol. The van der Waals surface area contributed by atoms with E-state index in [1.165, 1.54) is 11.3 Å². The van der Waals surface area contributed by atoms with Crippen molar-refractivity contribution in [1.82, 2.24) is 9.71 Å². The third-order valence-electron chi connectivity index (χ3n) is 5.04. The molecule has 0 radical (unpaired) electrons. The molecule has 1 saturated carbocycles. The number of aliphatic hydroxyl groups excluding tert-OH is 1. The van der Waals surface area contributed by atoms with Gasteiger partial charge in [-0.15, -0.1) is 0 Å². The van der Waals surface area contributed by atoms with Crippen LogP contribution >= 0.6 is 11.3 Å². The van der Waals surface area contributed by atoms with Crippen molar-refractivity contribution in [2.75, 3.05) is 5.32 Å². The standard InChI is InChI=1S/C21H31N3O3S2/c1-13-6-7-15(19-14(2)22-20(28-19)23-21(3,4)5)12-18(13)29(26,27)24-16-8-10-17(25)11-9-16/h6-7,12,16-17,24-25H,8-11H2,1-5H3,(H,22,23)/t16-,17+. The maximum Gasteiger partial charge on any atom is 0.241 e. The van der Waals surface area contributed by atoms with Gasteiger partial charge >= 0.3 is 0 Å². The highest BCUT2D eigenvalue weighted by Crippen LogP contribution is 2.35. The predicted molar refractivity (Wildman–Crippen MR) is 119 cm³/mol. The molecule has 1 heterocycles. The number of aryl methyl sites for hydroxylation is 2. The van der Waals surface area contributed by atoms with Crippen LogP contribution in [0.1, 0.15) is 57.7 Å². The van der Waals surface area contributed by atoms with Crippen LogP contribution in [-0.4, -0.2) is 36.2 Å². The zero-order valence-corrected chi connectivity index (χ0v) is 19.4. The first-order chi connectivity index (χ1) is 13.4. The van der Waals surface area contributed by atoms with Gasteiger partial charge in [-0.1, -0.05) is 23.5 Å². The van der Waals surface area contributed by atoms with Gasteiger partial charge in [-0.25, -0.2) is 18.1 Å². The highest BCUT2D eigenvalue weighted by Gasteiger charge is 2.26. The molecule has 0 spiro atoms.